The number of hydrogen-bond donors (Lipinski definition) is 6. The van der Waals surface area contributed by atoms with Gasteiger partial charge in [0.15, 0.2) is 0 Å². The molecule has 0 atom stereocenters. The average Bonchev–Trinajstić information content (AvgIpc) is 2.44. The highest BCUT2D eigenvalue weighted by molar-refractivity contribution is 7.85. The van der Waals surface area contributed by atoms with E-state index in [0.717, 1.165) is 12.1 Å². The van der Waals surface area contributed by atoms with Gasteiger partial charge in [0.1, 0.15) is 22.7 Å². The fourth-order valence-corrected chi connectivity index (χ4v) is 2.70. The molecule has 25 heavy (non-hydrogen) atoms. The smallest absolute Gasteiger partial charge is 0.342 e. The number of hydrogen-bond acceptors (Lipinski definition) is 7. The SMILES string of the molecule is Nc1[nH]c(=O)c(C(=O)O)c(-c2cc(S(=O)(=O)O)ccc2O)c1C(=O)O. The first-order valence-electron chi connectivity index (χ1n) is 6.28. The van der Waals surface area contributed by atoms with Crippen molar-refractivity contribution >= 4 is 27.9 Å². The third-order valence-corrected chi connectivity index (χ3v) is 4.06. The Morgan fingerprint density at radius 2 is 1.64 bits per heavy atom. The van der Waals surface area contributed by atoms with Gasteiger partial charge in [0.2, 0.25) is 0 Å². The van der Waals surface area contributed by atoms with E-state index in [4.69, 9.17) is 10.3 Å². The lowest BCUT2D eigenvalue weighted by atomic mass is 9.95. The second kappa shape index (κ2) is 5.92. The molecule has 0 aliphatic rings. The summed E-state index contributed by atoms with van der Waals surface area (Å²) in [6.45, 7) is 0. The highest BCUT2D eigenvalue weighted by atomic mass is 32.2. The van der Waals surface area contributed by atoms with Crippen molar-refractivity contribution in [1.29, 1.82) is 0 Å². The van der Waals surface area contributed by atoms with E-state index in [2.05, 4.69) is 0 Å². The number of aromatic hydroxyl groups is 1. The highest BCUT2D eigenvalue weighted by Crippen LogP contribution is 2.36. The van der Waals surface area contributed by atoms with Crippen molar-refractivity contribution < 1.29 is 37.9 Å². The van der Waals surface area contributed by atoms with Crippen molar-refractivity contribution in [2.45, 2.75) is 4.90 Å². The normalized spacial score (nSPS) is 11.2. The van der Waals surface area contributed by atoms with E-state index in [1.807, 2.05) is 4.98 Å². The zero-order chi connectivity index (χ0) is 19.1. The van der Waals surface area contributed by atoms with Crippen molar-refractivity contribution in [3.63, 3.8) is 0 Å². The predicted molar refractivity (Wildman–Crippen MR) is 82.3 cm³/mol. The number of nitrogen functional groups attached to an aromatic ring is 1. The summed E-state index contributed by atoms with van der Waals surface area (Å²) in [6.07, 6.45) is 0. The van der Waals surface area contributed by atoms with Crippen molar-refractivity contribution in [2.75, 3.05) is 5.73 Å². The molecule has 2 aromatic rings. The standard InChI is InChI=1S/C13H10N2O9S/c14-10-8(12(18)19)7(9(13(20)21)11(17)15-10)5-3-4(25(22,23)24)1-2-6(5)16/h1-3,16H,(H,18,19)(H,20,21)(H3,14,15,17)(H,22,23,24). The fourth-order valence-electron chi connectivity index (χ4n) is 2.19. The van der Waals surface area contributed by atoms with Gasteiger partial charge in [-0.2, -0.15) is 8.42 Å². The van der Waals surface area contributed by atoms with Crippen LogP contribution in [0.2, 0.25) is 0 Å². The number of nitrogens with two attached hydrogens (primary N) is 1. The molecule has 1 aromatic heterocycles. The van der Waals surface area contributed by atoms with Gasteiger partial charge in [0.25, 0.3) is 15.7 Å². The molecule has 0 saturated heterocycles. The molecule has 0 aliphatic carbocycles. The molecule has 0 saturated carbocycles. The number of nitrogens with one attached hydrogen (secondary N) is 1. The fraction of sp³-hybridized carbons (Fsp3) is 0. The number of carboxylic acid groups (broad SMARTS) is 2. The quantitative estimate of drug-likeness (QED) is 0.396. The van der Waals surface area contributed by atoms with Crippen molar-refractivity contribution in [1.82, 2.24) is 4.98 Å². The molecule has 11 nitrogen and oxygen atoms in total. The lowest BCUT2D eigenvalue weighted by Crippen LogP contribution is -2.24. The van der Waals surface area contributed by atoms with Crippen LogP contribution in [0.3, 0.4) is 0 Å². The molecule has 0 unspecified atom stereocenters. The molecule has 7 N–H and O–H groups in total. The zero-order valence-corrected chi connectivity index (χ0v) is 12.9. The number of anilines is 1. The highest BCUT2D eigenvalue weighted by Gasteiger charge is 2.29. The first-order valence-corrected chi connectivity index (χ1v) is 7.72. The predicted octanol–water partition coefficient (Wildman–Crippen LogP) is -0.0272. The number of pyridine rings is 1. The minimum absolute atomic E-state index is 0.622. The molecule has 0 spiro atoms. The molecule has 1 heterocycles. The maximum atomic E-state index is 11.9. The number of aromatic carboxylic acids is 2. The van der Waals surface area contributed by atoms with Crippen LogP contribution in [0.1, 0.15) is 20.7 Å². The summed E-state index contributed by atoms with van der Waals surface area (Å²) in [4.78, 5) is 35.8. The molecule has 0 radical (unpaired) electrons. The average molecular weight is 370 g/mol. The molecule has 2 rings (SSSR count). The van der Waals surface area contributed by atoms with Gasteiger partial charge >= 0.3 is 11.9 Å². The Bertz CT molecular complexity index is 1070. The molecule has 0 aliphatic heterocycles. The van der Waals surface area contributed by atoms with Gasteiger partial charge in [-0.1, -0.05) is 0 Å². The number of rotatable bonds is 4. The Balaban J connectivity index is 3.09. The van der Waals surface area contributed by atoms with Crippen LogP contribution in [0.5, 0.6) is 5.75 Å². The number of carboxylic acids is 2. The number of carbonyl (C=O) groups is 2. The summed E-state index contributed by atoms with van der Waals surface area (Å²) in [7, 11) is -4.76. The number of aromatic nitrogens is 1. The van der Waals surface area contributed by atoms with E-state index in [0.29, 0.717) is 6.07 Å². The molecular weight excluding hydrogens is 360 g/mol. The molecule has 0 fully saturated rings. The lowest BCUT2D eigenvalue weighted by Gasteiger charge is -2.14. The Hall–Kier alpha value is -3.38. The lowest BCUT2D eigenvalue weighted by molar-refractivity contribution is 0.0695. The van der Waals surface area contributed by atoms with Crippen molar-refractivity contribution in [3.05, 3.63) is 39.7 Å². The van der Waals surface area contributed by atoms with Crippen LogP contribution in [-0.2, 0) is 10.1 Å². The summed E-state index contributed by atoms with van der Waals surface area (Å²) < 4.78 is 31.6. The van der Waals surface area contributed by atoms with E-state index in [1.54, 1.807) is 0 Å². The monoisotopic (exact) mass is 370 g/mol. The van der Waals surface area contributed by atoms with E-state index < -0.39 is 66.3 Å². The summed E-state index contributed by atoms with van der Waals surface area (Å²) in [6, 6.07) is 2.20. The van der Waals surface area contributed by atoms with Gasteiger partial charge < -0.3 is 26.0 Å². The summed E-state index contributed by atoms with van der Waals surface area (Å²) in [5, 5.41) is 28.4. The van der Waals surface area contributed by atoms with Crippen LogP contribution in [-0.4, -0.2) is 45.2 Å². The van der Waals surface area contributed by atoms with Crippen LogP contribution in [0.25, 0.3) is 11.1 Å². The van der Waals surface area contributed by atoms with Crippen molar-refractivity contribution in [2.24, 2.45) is 0 Å². The van der Waals surface area contributed by atoms with E-state index in [9.17, 15) is 38.1 Å². The second-order valence-electron chi connectivity index (χ2n) is 4.76. The zero-order valence-electron chi connectivity index (χ0n) is 12.0. The number of phenols is 1. The maximum absolute atomic E-state index is 11.9. The summed E-state index contributed by atoms with van der Waals surface area (Å²) in [5.41, 5.74) is 0.802. The molecule has 1 aromatic carbocycles. The van der Waals surface area contributed by atoms with Gasteiger partial charge in [-0.15, -0.1) is 0 Å². The van der Waals surface area contributed by atoms with Crippen molar-refractivity contribution in [3.8, 4) is 16.9 Å². The molecule has 132 valence electrons. The third-order valence-electron chi connectivity index (χ3n) is 3.21. The van der Waals surface area contributed by atoms with E-state index >= 15 is 0 Å². The minimum Gasteiger partial charge on any atom is -0.507 e. The van der Waals surface area contributed by atoms with Crippen LogP contribution in [0, 0.1) is 0 Å². The van der Waals surface area contributed by atoms with Gasteiger partial charge in [-0.3, -0.25) is 9.35 Å². The first kappa shape index (κ1) is 18.0. The number of aromatic amines is 1. The van der Waals surface area contributed by atoms with Gasteiger partial charge in [0.05, 0.1) is 4.90 Å². The summed E-state index contributed by atoms with van der Waals surface area (Å²) >= 11 is 0. The largest absolute Gasteiger partial charge is 0.507 e. The van der Waals surface area contributed by atoms with Gasteiger partial charge in [-0.25, -0.2) is 9.59 Å². The molecule has 0 bridgehead atoms. The minimum atomic E-state index is -4.76. The maximum Gasteiger partial charge on any atom is 0.342 e. The topological polar surface area (TPSA) is 208 Å². The Labute approximate surface area is 138 Å². The Morgan fingerprint density at radius 1 is 1.08 bits per heavy atom. The molecule has 0 amide bonds. The van der Waals surface area contributed by atoms with E-state index in [1.165, 1.54) is 0 Å². The van der Waals surface area contributed by atoms with Gasteiger partial charge in [-0.05, 0) is 18.2 Å². The first-order chi connectivity index (χ1) is 11.4. The molecule has 12 heteroatoms. The molecular formula is C13H10N2O9S. The van der Waals surface area contributed by atoms with Crippen LogP contribution >= 0.6 is 0 Å². The van der Waals surface area contributed by atoms with Crippen LogP contribution in [0.15, 0.2) is 27.9 Å². The van der Waals surface area contributed by atoms with Gasteiger partial charge in [0, 0.05) is 11.1 Å². The Kier molecular flexibility index (Phi) is 4.25. The number of phenolic OH excluding ortho intramolecular Hbond substituents is 1. The second-order valence-corrected chi connectivity index (χ2v) is 6.18. The summed E-state index contributed by atoms with van der Waals surface area (Å²) in [5.74, 6) is -5.00. The number of H-pyrrole nitrogens is 1. The van der Waals surface area contributed by atoms with Crippen LogP contribution < -0.4 is 11.3 Å². The van der Waals surface area contributed by atoms with Crippen LogP contribution in [0.4, 0.5) is 5.82 Å². The third kappa shape index (κ3) is 3.15. The Morgan fingerprint density at radius 3 is 2.12 bits per heavy atom. The number of benzene rings is 1. The van der Waals surface area contributed by atoms with E-state index in [-0.39, 0.29) is 0 Å².